The second-order valence-corrected chi connectivity index (χ2v) is 5.17. The number of hydrogen-bond acceptors (Lipinski definition) is 4. The molecule has 18 heavy (non-hydrogen) atoms. The largest absolute Gasteiger partial charge is 0.348 e. The van der Waals surface area contributed by atoms with Gasteiger partial charge in [-0.15, -0.1) is 36.2 Å². The van der Waals surface area contributed by atoms with Gasteiger partial charge in [-0.1, -0.05) is 6.92 Å². The molecule has 1 aromatic heterocycles. The molecule has 2 unspecified atom stereocenters. The van der Waals surface area contributed by atoms with Crippen molar-refractivity contribution < 1.29 is 4.79 Å². The Kier molecular flexibility index (Phi) is 7.78. The Morgan fingerprint density at radius 3 is 2.83 bits per heavy atom. The van der Waals surface area contributed by atoms with E-state index >= 15 is 0 Å². The van der Waals surface area contributed by atoms with Crippen molar-refractivity contribution in [3.8, 4) is 0 Å². The summed E-state index contributed by atoms with van der Waals surface area (Å²) in [5, 5.41) is 6.43. The highest BCUT2D eigenvalue weighted by molar-refractivity contribution is 7.11. The number of halogens is 2. The van der Waals surface area contributed by atoms with Crippen LogP contribution in [0.5, 0.6) is 0 Å². The molecule has 0 bridgehead atoms. The molecule has 0 spiro atoms. The summed E-state index contributed by atoms with van der Waals surface area (Å²) in [6.07, 6.45) is 1.00. The fourth-order valence-electron chi connectivity index (χ4n) is 1.98. The van der Waals surface area contributed by atoms with Gasteiger partial charge in [0.1, 0.15) is 4.88 Å². The third kappa shape index (κ3) is 4.09. The molecule has 1 saturated heterocycles. The minimum absolute atomic E-state index is 0. The molecule has 0 aromatic carbocycles. The van der Waals surface area contributed by atoms with E-state index in [0.29, 0.717) is 5.92 Å². The van der Waals surface area contributed by atoms with Crippen LogP contribution in [0, 0.1) is 12.8 Å². The molecule has 2 N–H and O–H groups in total. The zero-order valence-corrected chi connectivity index (χ0v) is 12.9. The normalized spacial score (nSPS) is 22.6. The van der Waals surface area contributed by atoms with Crippen LogP contribution in [0.1, 0.15) is 28.7 Å². The summed E-state index contributed by atoms with van der Waals surface area (Å²) in [4.78, 5) is 16.8. The highest BCUT2D eigenvalue weighted by atomic mass is 35.5. The summed E-state index contributed by atoms with van der Waals surface area (Å²) in [7, 11) is 0. The first-order valence-electron chi connectivity index (χ1n) is 5.60. The Bertz CT molecular complexity index is 386. The molecule has 104 valence electrons. The third-order valence-electron chi connectivity index (χ3n) is 3.05. The average Bonchev–Trinajstić information content (AvgIpc) is 2.68. The van der Waals surface area contributed by atoms with Gasteiger partial charge in [0.15, 0.2) is 0 Å². The molecule has 1 aliphatic heterocycles. The van der Waals surface area contributed by atoms with Crippen molar-refractivity contribution in [3.63, 3.8) is 0 Å². The SMILES string of the molecule is Cc1ncsc1C(=O)NC1CCNCC1C.Cl.Cl. The lowest BCUT2D eigenvalue weighted by Crippen LogP contribution is -2.48. The Labute approximate surface area is 124 Å². The smallest absolute Gasteiger partial charge is 0.263 e. The molecule has 2 atom stereocenters. The van der Waals surface area contributed by atoms with E-state index in [1.165, 1.54) is 11.3 Å². The topological polar surface area (TPSA) is 54.0 Å². The maximum atomic E-state index is 12.0. The Balaban J connectivity index is 0.00000144. The molecule has 2 heterocycles. The van der Waals surface area contributed by atoms with Gasteiger partial charge in [-0.25, -0.2) is 4.98 Å². The second-order valence-electron chi connectivity index (χ2n) is 4.32. The van der Waals surface area contributed by atoms with Crippen LogP contribution in [0.3, 0.4) is 0 Å². The van der Waals surface area contributed by atoms with Crippen LogP contribution in [0.15, 0.2) is 5.51 Å². The summed E-state index contributed by atoms with van der Waals surface area (Å²) < 4.78 is 0. The number of thiazole rings is 1. The number of aryl methyl sites for hydroxylation is 1. The van der Waals surface area contributed by atoms with Crippen molar-refractivity contribution in [1.29, 1.82) is 0 Å². The van der Waals surface area contributed by atoms with E-state index in [0.717, 1.165) is 30.1 Å². The Morgan fingerprint density at radius 1 is 1.56 bits per heavy atom. The van der Waals surface area contributed by atoms with Gasteiger partial charge in [-0.3, -0.25) is 4.79 Å². The van der Waals surface area contributed by atoms with Crippen LogP contribution in [-0.2, 0) is 0 Å². The molecule has 1 aromatic rings. The van der Waals surface area contributed by atoms with Gasteiger partial charge in [0.25, 0.3) is 5.91 Å². The quantitative estimate of drug-likeness (QED) is 0.878. The summed E-state index contributed by atoms with van der Waals surface area (Å²) in [5.74, 6) is 0.518. The number of amides is 1. The minimum atomic E-state index is 0. The monoisotopic (exact) mass is 311 g/mol. The van der Waals surface area contributed by atoms with Crippen molar-refractivity contribution >= 4 is 42.1 Å². The molecule has 0 radical (unpaired) electrons. The van der Waals surface area contributed by atoms with Crippen LogP contribution < -0.4 is 10.6 Å². The molecule has 0 aliphatic carbocycles. The van der Waals surface area contributed by atoms with E-state index in [9.17, 15) is 4.79 Å². The van der Waals surface area contributed by atoms with Gasteiger partial charge < -0.3 is 10.6 Å². The number of piperidine rings is 1. The van der Waals surface area contributed by atoms with E-state index < -0.39 is 0 Å². The number of rotatable bonds is 2. The number of carbonyl (C=O) groups is 1. The standard InChI is InChI=1S/C11H17N3OS.2ClH/c1-7-5-12-4-3-9(7)14-11(15)10-8(2)13-6-16-10;;/h6-7,9,12H,3-5H2,1-2H3,(H,14,15);2*1H. The van der Waals surface area contributed by atoms with Crippen LogP contribution in [0.2, 0.25) is 0 Å². The van der Waals surface area contributed by atoms with E-state index in [1.807, 2.05) is 6.92 Å². The summed E-state index contributed by atoms with van der Waals surface area (Å²) in [6, 6.07) is 0.287. The first kappa shape index (κ1) is 17.6. The molecule has 1 fully saturated rings. The van der Waals surface area contributed by atoms with Crippen LogP contribution in [-0.4, -0.2) is 30.0 Å². The second kappa shape index (κ2) is 7.94. The molecular weight excluding hydrogens is 293 g/mol. The van der Waals surface area contributed by atoms with Crippen molar-refractivity contribution in [2.75, 3.05) is 13.1 Å². The summed E-state index contributed by atoms with van der Waals surface area (Å²) in [5.41, 5.74) is 2.54. The highest BCUT2D eigenvalue weighted by Gasteiger charge is 2.24. The lowest BCUT2D eigenvalue weighted by atomic mass is 9.95. The third-order valence-corrected chi connectivity index (χ3v) is 3.98. The van der Waals surface area contributed by atoms with Crippen molar-refractivity contribution in [2.45, 2.75) is 26.3 Å². The van der Waals surface area contributed by atoms with Gasteiger partial charge in [-0.05, 0) is 32.4 Å². The van der Waals surface area contributed by atoms with Crippen LogP contribution in [0.25, 0.3) is 0 Å². The number of nitrogens with zero attached hydrogens (tertiary/aromatic N) is 1. The maximum Gasteiger partial charge on any atom is 0.263 e. The van der Waals surface area contributed by atoms with Gasteiger partial charge in [-0.2, -0.15) is 0 Å². The van der Waals surface area contributed by atoms with Crippen molar-refractivity contribution in [3.05, 3.63) is 16.1 Å². The molecule has 4 nitrogen and oxygen atoms in total. The molecule has 1 amide bonds. The van der Waals surface area contributed by atoms with E-state index in [-0.39, 0.29) is 36.8 Å². The predicted octanol–water partition coefficient (Wildman–Crippen LogP) is 2.02. The lowest BCUT2D eigenvalue weighted by Gasteiger charge is -2.30. The Morgan fingerprint density at radius 2 is 2.28 bits per heavy atom. The van der Waals surface area contributed by atoms with Gasteiger partial charge >= 0.3 is 0 Å². The number of aromatic nitrogens is 1. The average molecular weight is 312 g/mol. The van der Waals surface area contributed by atoms with Crippen molar-refractivity contribution in [2.24, 2.45) is 5.92 Å². The van der Waals surface area contributed by atoms with Crippen LogP contribution in [0.4, 0.5) is 0 Å². The lowest BCUT2D eigenvalue weighted by molar-refractivity contribution is 0.0917. The molecular formula is C11H19Cl2N3OS. The number of carbonyl (C=O) groups excluding carboxylic acids is 1. The zero-order valence-electron chi connectivity index (χ0n) is 10.4. The predicted molar refractivity (Wildman–Crippen MR) is 79.3 cm³/mol. The molecule has 1 aliphatic rings. The van der Waals surface area contributed by atoms with E-state index in [1.54, 1.807) is 5.51 Å². The molecule has 2 rings (SSSR count). The minimum Gasteiger partial charge on any atom is -0.348 e. The summed E-state index contributed by atoms with van der Waals surface area (Å²) >= 11 is 1.41. The molecule has 7 heteroatoms. The van der Waals surface area contributed by atoms with Crippen LogP contribution >= 0.6 is 36.2 Å². The number of nitrogens with one attached hydrogen (secondary N) is 2. The molecule has 0 saturated carbocycles. The van der Waals surface area contributed by atoms with Gasteiger partial charge in [0, 0.05) is 6.04 Å². The zero-order chi connectivity index (χ0) is 11.5. The van der Waals surface area contributed by atoms with E-state index in [4.69, 9.17) is 0 Å². The van der Waals surface area contributed by atoms with Crippen molar-refractivity contribution in [1.82, 2.24) is 15.6 Å². The van der Waals surface area contributed by atoms with Gasteiger partial charge in [0.2, 0.25) is 0 Å². The fourth-order valence-corrected chi connectivity index (χ4v) is 2.69. The number of hydrogen-bond donors (Lipinski definition) is 2. The maximum absolute atomic E-state index is 12.0. The van der Waals surface area contributed by atoms with Gasteiger partial charge in [0.05, 0.1) is 11.2 Å². The fraction of sp³-hybridized carbons (Fsp3) is 0.636. The first-order chi connectivity index (χ1) is 7.68. The van der Waals surface area contributed by atoms with E-state index in [2.05, 4.69) is 22.5 Å². The summed E-state index contributed by atoms with van der Waals surface area (Å²) in [6.45, 7) is 6.00. The first-order valence-corrected chi connectivity index (χ1v) is 6.48. The Hall–Kier alpha value is -0.360. The highest BCUT2D eigenvalue weighted by Crippen LogP contribution is 2.15.